The number of nitrogens with zero attached hydrogens (tertiary/aromatic N) is 2. The van der Waals surface area contributed by atoms with Crippen molar-refractivity contribution in [2.24, 2.45) is 5.92 Å². The van der Waals surface area contributed by atoms with Gasteiger partial charge in [0.25, 0.3) is 0 Å². The normalized spacial score (nSPS) is 22.8. The summed E-state index contributed by atoms with van der Waals surface area (Å²) in [7, 11) is 0. The minimum Gasteiger partial charge on any atom is -0.342 e. The van der Waals surface area contributed by atoms with Gasteiger partial charge in [-0.3, -0.25) is 4.79 Å². The standard InChI is InChI=1S/C15H16N2O/c16-10-11-5-7-17(8-6-11)15(18)14-9-12-3-1-2-4-13(12)14/h1-4,11,14H,5-9H2. The van der Waals surface area contributed by atoms with Gasteiger partial charge in [0.1, 0.15) is 0 Å². The first-order chi connectivity index (χ1) is 8.79. The molecule has 0 aromatic heterocycles. The summed E-state index contributed by atoms with van der Waals surface area (Å²) in [4.78, 5) is 14.3. The van der Waals surface area contributed by atoms with E-state index in [1.807, 2.05) is 17.0 Å². The number of benzene rings is 1. The molecule has 1 aliphatic carbocycles. The molecule has 1 aromatic rings. The Kier molecular flexibility index (Phi) is 2.79. The first-order valence-electron chi connectivity index (χ1n) is 6.56. The maximum atomic E-state index is 12.4. The van der Waals surface area contributed by atoms with Crippen LogP contribution < -0.4 is 0 Å². The fourth-order valence-corrected chi connectivity index (χ4v) is 2.93. The third-order valence-electron chi connectivity index (χ3n) is 4.14. The first-order valence-corrected chi connectivity index (χ1v) is 6.56. The van der Waals surface area contributed by atoms with Crippen LogP contribution in [0.4, 0.5) is 0 Å². The number of rotatable bonds is 1. The largest absolute Gasteiger partial charge is 0.342 e. The van der Waals surface area contributed by atoms with Gasteiger partial charge in [-0.15, -0.1) is 0 Å². The maximum absolute atomic E-state index is 12.4. The van der Waals surface area contributed by atoms with Crippen LogP contribution in [0.25, 0.3) is 0 Å². The summed E-state index contributed by atoms with van der Waals surface area (Å²) in [6.07, 6.45) is 2.54. The Morgan fingerprint density at radius 2 is 2.00 bits per heavy atom. The van der Waals surface area contributed by atoms with E-state index in [0.29, 0.717) is 0 Å². The van der Waals surface area contributed by atoms with E-state index in [0.717, 1.165) is 32.4 Å². The third-order valence-corrected chi connectivity index (χ3v) is 4.14. The molecule has 2 aliphatic rings. The third kappa shape index (κ3) is 1.78. The van der Waals surface area contributed by atoms with Crippen molar-refractivity contribution < 1.29 is 4.79 Å². The topological polar surface area (TPSA) is 44.1 Å². The zero-order chi connectivity index (χ0) is 12.5. The molecule has 1 aliphatic heterocycles. The predicted molar refractivity (Wildman–Crippen MR) is 67.8 cm³/mol. The van der Waals surface area contributed by atoms with E-state index in [2.05, 4.69) is 18.2 Å². The van der Waals surface area contributed by atoms with Crippen LogP contribution in [-0.4, -0.2) is 23.9 Å². The molecule has 1 fully saturated rings. The Labute approximate surface area is 107 Å². The van der Waals surface area contributed by atoms with Crippen molar-refractivity contribution in [2.45, 2.75) is 25.2 Å². The molecule has 0 saturated carbocycles. The highest BCUT2D eigenvalue weighted by molar-refractivity contribution is 5.87. The summed E-state index contributed by atoms with van der Waals surface area (Å²) in [6.45, 7) is 1.49. The lowest BCUT2D eigenvalue weighted by molar-refractivity contribution is -0.134. The fourth-order valence-electron chi connectivity index (χ4n) is 2.93. The van der Waals surface area contributed by atoms with Crippen molar-refractivity contribution in [3.8, 4) is 6.07 Å². The number of hydrogen-bond acceptors (Lipinski definition) is 2. The van der Waals surface area contributed by atoms with E-state index in [-0.39, 0.29) is 17.7 Å². The van der Waals surface area contributed by atoms with Crippen LogP contribution in [-0.2, 0) is 11.2 Å². The second-order valence-corrected chi connectivity index (χ2v) is 5.18. The molecule has 1 amide bonds. The van der Waals surface area contributed by atoms with Gasteiger partial charge in [-0.1, -0.05) is 24.3 Å². The van der Waals surface area contributed by atoms with Crippen LogP contribution in [0, 0.1) is 17.2 Å². The van der Waals surface area contributed by atoms with Crippen LogP contribution in [0.2, 0.25) is 0 Å². The van der Waals surface area contributed by atoms with Gasteiger partial charge in [-0.2, -0.15) is 5.26 Å². The van der Waals surface area contributed by atoms with Gasteiger partial charge < -0.3 is 4.90 Å². The molecule has 0 spiro atoms. The van der Waals surface area contributed by atoms with Crippen molar-refractivity contribution in [1.29, 1.82) is 5.26 Å². The van der Waals surface area contributed by atoms with Crippen molar-refractivity contribution in [3.05, 3.63) is 35.4 Å². The van der Waals surface area contributed by atoms with Gasteiger partial charge in [0.2, 0.25) is 5.91 Å². The molecule has 92 valence electrons. The number of likely N-dealkylation sites (tertiary alicyclic amines) is 1. The number of nitriles is 1. The van der Waals surface area contributed by atoms with E-state index in [1.54, 1.807) is 0 Å². The molecule has 1 atom stereocenters. The number of fused-ring (bicyclic) bond motifs is 1. The molecule has 1 saturated heterocycles. The quantitative estimate of drug-likeness (QED) is 0.754. The van der Waals surface area contributed by atoms with Crippen molar-refractivity contribution in [3.63, 3.8) is 0 Å². The first kappa shape index (κ1) is 11.3. The second-order valence-electron chi connectivity index (χ2n) is 5.18. The Morgan fingerprint density at radius 3 is 2.67 bits per heavy atom. The number of amides is 1. The Morgan fingerprint density at radius 1 is 1.28 bits per heavy atom. The summed E-state index contributed by atoms with van der Waals surface area (Å²) < 4.78 is 0. The van der Waals surface area contributed by atoms with Crippen LogP contribution in [0.3, 0.4) is 0 Å². The van der Waals surface area contributed by atoms with E-state index >= 15 is 0 Å². The molecule has 0 radical (unpaired) electrons. The van der Waals surface area contributed by atoms with Gasteiger partial charge in [0.05, 0.1) is 12.0 Å². The molecule has 1 heterocycles. The lowest BCUT2D eigenvalue weighted by atomic mass is 9.76. The van der Waals surface area contributed by atoms with Gasteiger partial charge in [0.15, 0.2) is 0 Å². The van der Waals surface area contributed by atoms with Crippen LogP contribution in [0.5, 0.6) is 0 Å². The van der Waals surface area contributed by atoms with Crippen LogP contribution >= 0.6 is 0 Å². The zero-order valence-electron chi connectivity index (χ0n) is 10.3. The fraction of sp³-hybridized carbons (Fsp3) is 0.467. The summed E-state index contributed by atoms with van der Waals surface area (Å²) in [5.74, 6) is 0.465. The second kappa shape index (κ2) is 4.45. The average molecular weight is 240 g/mol. The molecule has 3 rings (SSSR count). The van der Waals surface area contributed by atoms with Gasteiger partial charge >= 0.3 is 0 Å². The molecule has 3 heteroatoms. The highest BCUT2D eigenvalue weighted by Crippen LogP contribution is 2.36. The Balaban J connectivity index is 1.66. The summed E-state index contributed by atoms with van der Waals surface area (Å²) in [5, 5.41) is 8.86. The number of carbonyl (C=O) groups excluding carboxylic acids is 1. The van der Waals surface area contributed by atoms with E-state index < -0.39 is 0 Å². The lowest BCUT2D eigenvalue weighted by Gasteiger charge is -2.36. The lowest BCUT2D eigenvalue weighted by Crippen LogP contribution is -2.43. The molecule has 3 nitrogen and oxygen atoms in total. The monoisotopic (exact) mass is 240 g/mol. The molecule has 18 heavy (non-hydrogen) atoms. The van der Waals surface area contributed by atoms with Gasteiger partial charge in [0, 0.05) is 19.0 Å². The molecule has 0 N–H and O–H groups in total. The Bertz CT molecular complexity index is 509. The van der Waals surface area contributed by atoms with Crippen LogP contribution in [0.1, 0.15) is 29.9 Å². The van der Waals surface area contributed by atoms with Gasteiger partial charge in [-0.25, -0.2) is 0 Å². The van der Waals surface area contributed by atoms with Crippen LogP contribution in [0.15, 0.2) is 24.3 Å². The summed E-state index contributed by atoms with van der Waals surface area (Å²) in [6, 6.07) is 10.5. The Hall–Kier alpha value is -1.82. The summed E-state index contributed by atoms with van der Waals surface area (Å²) in [5.41, 5.74) is 2.51. The minimum atomic E-state index is 0.0693. The highest BCUT2D eigenvalue weighted by Gasteiger charge is 2.35. The molecule has 1 unspecified atom stereocenters. The number of piperidine rings is 1. The molecular weight excluding hydrogens is 224 g/mol. The molecular formula is C15H16N2O. The number of carbonyl (C=O) groups is 1. The van der Waals surface area contributed by atoms with E-state index in [9.17, 15) is 4.79 Å². The van der Waals surface area contributed by atoms with E-state index in [1.165, 1.54) is 11.1 Å². The van der Waals surface area contributed by atoms with Crippen molar-refractivity contribution >= 4 is 5.91 Å². The zero-order valence-corrected chi connectivity index (χ0v) is 10.3. The van der Waals surface area contributed by atoms with Crippen molar-refractivity contribution in [2.75, 3.05) is 13.1 Å². The maximum Gasteiger partial charge on any atom is 0.230 e. The average Bonchev–Trinajstić information content (AvgIpc) is 2.40. The highest BCUT2D eigenvalue weighted by atomic mass is 16.2. The van der Waals surface area contributed by atoms with Crippen molar-refractivity contribution in [1.82, 2.24) is 4.90 Å². The summed E-state index contributed by atoms with van der Waals surface area (Å²) >= 11 is 0. The smallest absolute Gasteiger partial charge is 0.230 e. The molecule has 1 aromatic carbocycles. The van der Waals surface area contributed by atoms with Gasteiger partial charge in [-0.05, 0) is 30.4 Å². The minimum absolute atomic E-state index is 0.0693. The SMILES string of the molecule is N#CC1CCN(C(=O)C2Cc3ccccc32)CC1. The predicted octanol–water partition coefficient (Wildman–Crippen LogP) is 2.09. The molecule has 0 bridgehead atoms. The van der Waals surface area contributed by atoms with E-state index in [4.69, 9.17) is 5.26 Å². The number of hydrogen-bond donors (Lipinski definition) is 0.